The highest BCUT2D eigenvalue weighted by Gasteiger charge is 2.13. The first-order chi connectivity index (χ1) is 9.79. The van der Waals surface area contributed by atoms with Crippen LogP contribution in [-0.4, -0.2) is 16.4 Å². The lowest BCUT2D eigenvalue weighted by molar-refractivity contribution is 0.764. The Morgan fingerprint density at radius 1 is 1.15 bits per heavy atom. The fourth-order valence-corrected chi connectivity index (χ4v) is 3.22. The molecule has 0 saturated heterocycles. The van der Waals surface area contributed by atoms with Gasteiger partial charge in [0.15, 0.2) is 0 Å². The molecule has 20 heavy (non-hydrogen) atoms. The molecule has 1 N–H and O–H groups in total. The van der Waals surface area contributed by atoms with Crippen molar-refractivity contribution in [1.29, 1.82) is 0 Å². The highest BCUT2D eigenvalue weighted by Crippen LogP contribution is 2.32. The molecule has 0 aliphatic rings. The van der Waals surface area contributed by atoms with Crippen LogP contribution in [0.25, 0.3) is 5.65 Å². The quantitative estimate of drug-likeness (QED) is 0.794. The minimum absolute atomic E-state index is 0.805. The zero-order valence-corrected chi connectivity index (χ0v) is 12.4. The molecule has 0 saturated carbocycles. The first-order valence-corrected chi connectivity index (χ1v) is 7.45. The Hall–Kier alpha value is -1.78. The van der Waals surface area contributed by atoms with Crippen molar-refractivity contribution in [3.05, 3.63) is 59.9 Å². The van der Waals surface area contributed by atoms with Gasteiger partial charge in [0.05, 0.1) is 5.69 Å². The number of benzene rings is 1. The summed E-state index contributed by atoms with van der Waals surface area (Å²) in [5.74, 6) is 0. The van der Waals surface area contributed by atoms with E-state index in [0.29, 0.717) is 0 Å². The summed E-state index contributed by atoms with van der Waals surface area (Å²) in [5.41, 5.74) is 3.48. The molecule has 0 unspecified atom stereocenters. The Balaban J connectivity index is 2.06. The maximum atomic E-state index is 4.75. The molecule has 1 aromatic carbocycles. The summed E-state index contributed by atoms with van der Waals surface area (Å²) in [5, 5.41) is 4.30. The fraction of sp³-hybridized carbons (Fsp3) is 0.188. The second-order valence-corrected chi connectivity index (χ2v) is 5.72. The summed E-state index contributed by atoms with van der Waals surface area (Å²) in [6, 6.07) is 14.5. The lowest BCUT2D eigenvalue weighted by Crippen LogP contribution is -2.08. The summed E-state index contributed by atoms with van der Waals surface area (Å²) in [4.78, 5) is 6.01. The van der Waals surface area contributed by atoms with E-state index < -0.39 is 0 Å². The van der Waals surface area contributed by atoms with Gasteiger partial charge < -0.3 is 9.72 Å². The Bertz CT molecular complexity index is 733. The number of nitrogens with zero attached hydrogens (tertiary/aromatic N) is 2. The van der Waals surface area contributed by atoms with Crippen molar-refractivity contribution < 1.29 is 0 Å². The van der Waals surface area contributed by atoms with Gasteiger partial charge in [-0.25, -0.2) is 4.98 Å². The van der Waals surface area contributed by atoms with Crippen LogP contribution >= 0.6 is 11.8 Å². The minimum Gasteiger partial charge on any atom is -0.314 e. The number of fused-ring (bicyclic) bond motifs is 1. The van der Waals surface area contributed by atoms with Crippen LogP contribution in [0.15, 0.2) is 58.6 Å². The molecule has 4 heteroatoms. The minimum atomic E-state index is 0.805. The van der Waals surface area contributed by atoms with Gasteiger partial charge in [0.2, 0.25) is 0 Å². The number of hydrogen-bond acceptors (Lipinski definition) is 3. The predicted octanol–water partition coefficient (Wildman–Crippen LogP) is 3.51. The van der Waals surface area contributed by atoms with Gasteiger partial charge in [-0.05, 0) is 37.7 Å². The molecule has 3 rings (SSSR count). The van der Waals surface area contributed by atoms with Crippen molar-refractivity contribution in [1.82, 2.24) is 14.7 Å². The van der Waals surface area contributed by atoms with Crippen LogP contribution in [0, 0.1) is 6.92 Å². The highest BCUT2D eigenvalue weighted by atomic mass is 32.2. The standard InChI is InChI=1S/C16H17N3S/c1-12-7-3-4-8-14(12)20-16-13(11-17-2)19-10-6-5-9-15(19)18-16/h3-10,17H,11H2,1-2H3. The van der Waals surface area contributed by atoms with E-state index in [-0.39, 0.29) is 0 Å². The molecule has 0 radical (unpaired) electrons. The van der Waals surface area contributed by atoms with E-state index >= 15 is 0 Å². The van der Waals surface area contributed by atoms with Gasteiger partial charge in [0.25, 0.3) is 0 Å². The maximum absolute atomic E-state index is 4.75. The van der Waals surface area contributed by atoms with Crippen LogP contribution in [0.5, 0.6) is 0 Å². The van der Waals surface area contributed by atoms with Crippen molar-refractivity contribution in [2.24, 2.45) is 0 Å². The summed E-state index contributed by atoms with van der Waals surface area (Å²) in [7, 11) is 1.96. The van der Waals surface area contributed by atoms with Crippen LogP contribution in [0.3, 0.4) is 0 Å². The van der Waals surface area contributed by atoms with Gasteiger partial charge in [-0.1, -0.05) is 36.0 Å². The lowest BCUT2D eigenvalue weighted by Gasteiger charge is -2.06. The predicted molar refractivity (Wildman–Crippen MR) is 83.3 cm³/mol. The molecule has 0 atom stereocenters. The van der Waals surface area contributed by atoms with Gasteiger partial charge in [0, 0.05) is 17.6 Å². The lowest BCUT2D eigenvalue weighted by atomic mass is 10.2. The molecular weight excluding hydrogens is 266 g/mol. The third-order valence-electron chi connectivity index (χ3n) is 3.24. The summed E-state index contributed by atoms with van der Waals surface area (Å²) in [6.07, 6.45) is 2.07. The van der Waals surface area contributed by atoms with Crippen LogP contribution in [-0.2, 0) is 6.54 Å². The molecule has 0 aliphatic heterocycles. The second kappa shape index (κ2) is 5.69. The molecule has 0 aliphatic carbocycles. The second-order valence-electron chi connectivity index (χ2n) is 4.69. The van der Waals surface area contributed by atoms with Gasteiger partial charge in [-0.15, -0.1) is 0 Å². The zero-order chi connectivity index (χ0) is 13.9. The van der Waals surface area contributed by atoms with Crippen molar-refractivity contribution in [2.45, 2.75) is 23.4 Å². The average molecular weight is 283 g/mol. The van der Waals surface area contributed by atoms with Gasteiger partial charge in [-0.3, -0.25) is 0 Å². The maximum Gasteiger partial charge on any atom is 0.138 e. The van der Waals surface area contributed by atoms with Crippen molar-refractivity contribution in [3.63, 3.8) is 0 Å². The molecule has 0 fully saturated rings. The van der Waals surface area contributed by atoms with E-state index in [1.54, 1.807) is 11.8 Å². The number of hydrogen-bond donors (Lipinski definition) is 1. The molecule has 3 aromatic rings. The number of nitrogens with one attached hydrogen (secondary N) is 1. The van der Waals surface area contributed by atoms with E-state index in [1.165, 1.54) is 16.2 Å². The third kappa shape index (κ3) is 2.44. The summed E-state index contributed by atoms with van der Waals surface area (Å²) < 4.78 is 2.15. The SMILES string of the molecule is CNCc1c(Sc2ccccc2C)nc2ccccn12. The Morgan fingerprint density at radius 2 is 1.95 bits per heavy atom. The van der Waals surface area contributed by atoms with Crippen LogP contribution in [0.4, 0.5) is 0 Å². The molecule has 2 aromatic heterocycles. The fourth-order valence-electron chi connectivity index (χ4n) is 2.21. The Labute approximate surface area is 123 Å². The Kier molecular flexibility index (Phi) is 3.76. The smallest absolute Gasteiger partial charge is 0.138 e. The van der Waals surface area contributed by atoms with Gasteiger partial charge in [-0.2, -0.15) is 0 Å². The van der Waals surface area contributed by atoms with E-state index in [1.807, 2.05) is 25.2 Å². The number of pyridine rings is 1. The normalized spacial score (nSPS) is 11.1. The average Bonchev–Trinajstić information content (AvgIpc) is 2.80. The molecular formula is C16H17N3S. The summed E-state index contributed by atoms with van der Waals surface area (Å²) in [6.45, 7) is 2.94. The van der Waals surface area contributed by atoms with Crippen molar-refractivity contribution >= 4 is 17.4 Å². The van der Waals surface area contributed by atoms with Gasteiger partial charge >= 0.3 is 0 Å². The summed E-state index contributed by atoms with van der Waals surface area (Å²) >= 11 is 1.73. The van der Waals surface area contributed by atoms with E-state index in [0.717, 1.165) is 17.2 Å². The topological polar surface area (TPSA) is 29.3 Å². The van der Waals surface area contributed by atoms with Crippen LogP contribution in [0.2, 0.25) is 0 Å². The molecule has 102 valence electrons. The molecule has 0 bridgehead atoms. The number of imidazole rings is 1. The van der Waals surface area contributed by atoms with E-state index in [9.17, 15) is 0 Å². The Morgan fingerprint density at radius 3 is 2.75 bits per heavy atom. The van der Waals surface area contributed by atoms with E-state index in [2.05, 4.69) is 47.1 Å². The monoisotopic (exact) mass is 283 g/mol. The zero-order valence-electron chi connectivity index (χ0n) is 11.6. The molecule has 0 spiro atoms. The third-order valence-corrected chi connectivity index (χ3v) is 4.43. The van der Waals surface area contributed by atoms with Crippen molar-refractivity contribution in [3.8, 4) is 0 Å². The molecule has 2 heterocycles. The molecule has 3 nitrogen and oxygen atoms in total. The van der Waals surface area contributed by atoms with Crippen molar-refractivity contribution in [2.75, 3.05) is 7.05 Å². The van der Waals surface area contributed by atoms with Gasteiger partial charge in [0.1, 0.15) is 10.7 Å². The highest BCUT2D eigenvalue weighted by molar-refractivity contribution is 7.99. The number of aryl methyl sites for hydroxylation is 1. The number of rotatable bonds is 4. The van der Waals surface area contributed by atoms with E-state index in [4.69, 9.17) is 4.98 Å². The molecule has 0 amide bonds. The first kappa shape index (κ1) is 13.2. The van der Waals surface area contributed by atoms with Crippen LogP contribution in [0.1, 0.15) is 11.3 Å². The largest absolute Gasteiger partial charge is 0.314 e. The first-order valence-electron chi connectivity index (χ1n) is 6.63. The van der Waals surface area contributed by atoms with Crippen LogP contribution < -0.4 is 5.32 Å². The number of aromatic nitrogens is 2.